The third-order valence-electron chi connectivity index (χ3n) is 2.61. The number of benzene rings is 1. The highest BCUT2D eigenvalue weighted by Crippen LogP contribution is 2.15. The predicted molar refractivity (Wildman–Crippen MR) is 79.4 cm³/mol. The van der Waals surface area contributed by atoms with Crippen LogP contribution < -0.4 is 10.1 Å². The third-order valence-corrected chi connectivity index (χ3v) is 3.51. The van der Waals surface area contributed by atoms with Crippen molar-refractivity contribution in [2.75, 3.05) is 6.54 Å². The molecule has 0 unspecified atom stereocenters. The van der Waals surface area contributed by atoms with E-state index in [4.69, 9.17) is 4.74 Å². The van der Waals surface area contributed by atoms with Gasteiger partial charge in [-0.25, -0.2) is 9.37 Å². The lowest BCUT2D eigenvalue weighted by molar-refractivity contribution is 0.300. The first-order valence-electron chi connectivity index (χ1n) is 6.66. The topological polar surface area (TPSA) is 34.2 Å². The van der Waals surface area contributed by atoms with Crippen molar-refractivity contribution in [1.82, 2.24) is 10.3 Å². The minimum Gasteiger partial charge on any atom is -0.487 e. The van der Waals surface area contributed by atoms with E-state index in [9.17, 15) is 4.39 Å². The summed E-state index contributed by atoms with van der Waals surface area (Å²) >= 11 is 1.61. The highest BCUT2D eigenvalue weighted by molar-refractivity contribution is 7.09. The normalized spacial score (nSPS) is 11.0. The quantitative estimate of drug-likeness (QED) is 0.847. The number of rotatable bonds is 7. The molecule has 0 aliphatic carbocycles. The maximum absolute atomic E-state index is 13.0. The van der Waals surface area contributed by atoms with E-state index >= 15 is 0 Å². The molecule has 0 aliphatic heterocycles. The smallest absolute Gasteiger partial charge is 0.131 e. The monoisotopic (exact) mass is 294 g/mol. The van der Waals surface area contributed by atoms with Crippen molar-refractivity contribution < 1.29 is 9.13 Å². The number of ether oxygens (including phenoxy) is 1. The van der Waals surface area contributed by atoms with Crippen molar-refractivity contribution in [2.24, 2.45) is 5.92 Å². The van der Waals surface area contributed by atoms with Crippen LogP contribution in [0.4, 0.5) is 4.39 Å². The van der Waals surface area contributed by atoms with Crippen molar-refractivity contribution in [3.63, 3.8) is 0 Å². The van der Waals surface area contributed by atoms with E-state index in [1.807, 2.05) is 5.38 Å². The fraction of sp³-hybridized carbons (Fsp3) is 0.400. The van der Waals surface area contributed by atoms with Gasteiger partial charge in [-0.1, -0.05) is 19.9 Å². The Balaban J connectivity index is 1.80. The molecule has 0 bridgehead atoms. The summed E-state index contributed by atoms with van der Waals surface area (Å²) in [7, 11) is 0. The summed E-state index contributed by atoms with van der Waals surface area (Å²) in [6.45, 7) is 6.47. The molecule has 0 radical (unpaired) electrons. The molecular weight excluding hydrogens is 275 g/mol. The number of nitrogens with one attached hydrogen (secondary N) is 1. The van der Waals surface area contributed by atoms with Crippen molar-refractivity contribution in [1.29, 1.82) is 0 Å². The lowest BCUT2D eigenvalue weighted by atomic mass is 10.2. The summed E-state index contributed by atoms with van der Waals surface area (Å²) in [4.78, 5) is 4.48. The molecule has 1 N–H and O–H groups in total. The molecule has 0 saturated carbocycles. The molecule has 0 atom stereocenters. The number of hydrogen-bond donors (Lipinski definition) is 1. The van der Waals surface area contributed by atoms with Crippen LogP contribution in [0.1, 0.15) is 24.5 Å². The van der Waals surface area contributed by atoms with Crippen molar-refractivity contribution >= 4 is 11.3 Å². The van der Waals surface area contributed by atoms with Gasteiger partial charge >= 0.3 is 0 Å². The first-order chi connectivity index (χ1) is 9.63. The molecule has 0 aliphatic rings. The molecule has 20 heavy (non-hydrogen) atoms. The summed E-state index contributed by atoms with van der Waals surface area (Å²) in [5.74, 6) is 0.863. The zero-order valence-corrected chi connectivity index (χ0v) is 12.5. The van der Waals surface area contributed by atoms with Gasteiger partial charge in [0.05, 0.1) is 5.69 Å². The molecule has 0 amide bonds. The first-order valence-corrected chi connectivity index (χ1v) is 7.54. The second kappa shape index (κ2) is 7.36. The van der Waals surface area contributed by atoms with E-state index in [1.165, 1.54) is 12.1 Å². The van der Waals surface area contributed by atoms with Gasteiger partial charge in [0.25, 0.3) is 0 Å². The third kappa shape index (κ3) is 4.90. The van der Waals surface area contributed by atoms with E-state index in [0.717, 1.165) is 23.8 Å². The Kier molecular flexibility index (Phi) is 5.49. The van der Waals surface area contributed by atoms with Gasteiger partial charge in [0.1, 0.15) is 23.2 Å². The molecule has 0 saturated heterocycles. The van der Waals surface area contributed by atoms with E-state index in [-0.39, 0.29) is 5.82 Å². The van der Waals surface area contributed by atoms with Crippen LogP contribution in [-0.4, -0.2) is 11.5 Å². The lowest BCUT2D eigenvalue weighted by Crippen LogP contribution is -2.18. The van der Waals surface area contributed by atoms with Gasteiger partial charge in [0, 0.05) is 18.0 Å². The summed E-state index contributed by atoms with van der Waals surface area (Å²) in [6, 6.07) is 6.14. The van der Waals surface area contributed by atoms with Crippen LogP contribution in [0.2, 0.25) is 0 Å². The van der Waals surface area contributed by atoms with Gasteiger partial charge in [-0.3, -0.25) is 0 Å². The maximum atomic E-state index is 13.0. The van der Waals surface area contributed by atoms with Crippen molar-refractivity contribution in [3.05, 3.63) is 46.2 Å². The molecule has 2 rings (SSSR count). The Bertz CT molecular complexity index is 542. The number of hydrogen-bond acceptors (Lipinski definition) is 4. The summed E-state index contributed by atoms with van der Waals surface area (Å²) in [6.07, 6.45) is 0. The molecule has 2 aromatic rings. The molecular formula is C15H19FN2OS. The average molecular weight is 294 g/mol. The number of halogens is 1. The SMILES string of the molecule is CC(C)CNCc1nc(COc2cccc(F)c2)cs1. The van der Waals surface area contributed by atoms with Gasteiger partial charge in [-0.05, 0) is 24.6 Å². The Hall–Kier alpha value is -1.46. The Labute approximate surface area is 122 Å². The first kappa shape index (κ1) is 14.9. The van der Waals surface area contributed by atoms with E-state index in [2.05, 4.69) is 24.1 Å². The lowest BCUT2D eigenvalue weighted by Gasteiger charge is -2.05. The molecule has 1 aromatic carbocycles. The second-order valence-corrected chi connectivity index (χ2v) is 5.95. The minimum atomic E-state index is -0.292. The maximum Gasteiger partial charge on any atom is 0.131 e. The van der Waals surface area contributed by atoms with Crippen LogP contribution in [0.3, 0.4) is 0 Å². The zero-order valence-electron chi connectivity index (χ0n) is 11.7. The molecule has 1 aromatic heterocycles. The summed E-state index contributed by atoms with van der Waals surface area (Å²) in [5.41, 5.74) is 0.876. The average Bonchev–Trinajstić information content (AvgIpc) is 2.84. The molecule has 1 heterocycles. The minimum absolute atomic E-state index is 0.292. The molecule has 0 spiro atoms. The van der Waals surface area contributed by atoms with Crippen LogP contribution >= 0.6 is 11.3 Å². The van der Waals surface area contributed by atoms with Gasteiger partial charge in [0.2, 0.25) is 0 Å². The van der Waals surface area contributed by atoms with Crippen molar-refractivity contribution in [2.45, 2.75) is 27.0 Å². The van der Waals surface area contributed by atoms with Crippen LogP contribution in [0, 0.1) is 11.7 Å². The number of thiazole rings is 1. The van der Waals surface area contributed by atoms with Gasteiger partial charge in [-0.2, -0.15) is 0 Å². The fourth-order valence-electron chi connectivity index (χ4n) is 1.68. The Morgan fingerprint density at radius 3 is 3.00 bits per heavy atom. The number of nitrogens with zero attached hydrogens (tertiary/aromatic N) is 1. The van der Waals surface area contributed by atoms with Crippen molar-refractivity contribution in [3.8, 4) is 5.75 Å². The summed E-state index contributed by atoms with van der Waals surface area (Å²) < 4.78 is 18.5. The zero-order chi connectivity index (χ0) is 14.4. The predicted octanol–water partition coefficient (Wildman–Crippen LogP) is 3.61. The van der Waals surface area contributed by atoms with E-state index in [1.54, 1.807) is 23.5 Å². The van der Waals surface area contributed by atoms with Gasteiger partial charge in [0.15, 0.2) is 0 Å². The largest absolute Gasteiger partial charge is 0.487 e. The second-order valence-electron chi connectivity index (χ2n) is 5.00. The molecule has 108 valence electrons. The van der Waals surface area contributed by atoms with Crippen LogP contribution in [0.5, 0.6) is 5.75 Å². The highest BCUT2D eigenvalue weighted by atomic mass is 32.1. The fourth-order valence-corrected chi connectivity index (χ4v) is 2.43. The molecule has 3 nitrogen and oxygen atoms in total. The van der Waals surface area contributed by atoms with E-state index < -0.39 is 0 Å². The van der Waals surface area contributed by atoms with Gasteiger partial charge in [-0.15, -0.1) is 11.3 Å². The number of aromatic nitrogens is 1. The Morgan fingerprint density at radius 1 is 1.40 bits per heavy atom. The van der Waals surface area contributed by atoms with Crippen LogP contribution in [0.15, 0.2) is 29.6 Å². The standard InChI is InChI=1S/C15H19FN2OS/c1-11(2)7-17-8-15-18-13(10-20-15)9-19-14-5-3-4-12(16)6-14/h3-6,10-11,17H,7-9H2,1-2H3. The van der Waals surface area contributed by atoms with E-state index in [0.29, 0.717) is 18.3 Å². The van der Waals surface area contributed by atoms with Crippen LogP contribution in [-0.2, 0) is 13.2 Å². The Morgan fingerprint density at radius 2 is 2.25 bits per heavy atom. The summed E-state index contributed by atoms with van der Waals surface area (Å²) in [5, 5.41) is 6.38. The van der Waals surface area contributed by atoms with Gasteiger partial charge < -0.3 is 10.1 Å². The highest BCUT2D eigenvalue weighted by Gasteiger charge is 2.04. The molecule has 5 heteroatoms. The van der Waals surface area contributed by atoms with Crippen LogP contribution in [0.25, 0.3) is 0 Å². The molecule has 0 fully saturated rings.